The number of aryl methyl sites for hydroxylation is 1. The highest BCUT2D eigenvalue weighted by atomic mass is 32.2. The molecular weight excluding hydrogens is 531 g/mol. The monoisotopic (exact) mass is 553 g/mol. The van der Waals surface area contributed by atoms with Crippen LogP contribution in [0.1, 0.15) is 11.5 Å². The van der Waals surface area contributed by atoms with Crippen molar-refractivity contribution < 1.29 is 26.3 Å². The first kappa shape index (κ1) is 26.2. The summed E-state index contributed by atoms with van der Waals surface area (Å²) < 4.78 is 72.8. The van der Waals surface area contributed by atoms with Gasteiger partial charge in [-0.2, -0.15) is 13.2 Å². The van der Waals surface area contributed by atoms with Crippen LogP contribution in [0.15, 0.2) is 84.0 Å². The molecule has 8 nitrogen and oxygen atoms in total. The SMILES string of the molecule is COc1ccc(-c2cnnn2-c2cc(-c3cccc(S(C)(=O)=O)c3)ccc2-n2cc(C(F)(F)F)nc2C)cc1. The fraction of sp³-hybridized carbons (Fsp3) is 0.148. The van der Waals surface area contributed by atoms with Crippen molar-refractivity contribution in [3.63, 3.8) is 0 Å². The minimum absolute atomic E-state index is 0.126. The number of hydrogen-bond acceptors (Lipinski definition) is 6. The fourth-order valence-electron chi connectivity index (χ4n) is 4.21. The Morgan fingerprint density at radius 2 is 1.59 bits per heavy atom. The summed E-state index contributed by atoms with van der Waals surface area (Å²) in [6.07, 6.45) is -1.02. The maximum Gasteiger partial charge on any atom is 0.434 e. The van der Waals surface area contributed by atoms with Gasteiger partial charge in [-0.3, -0.25) is 0 Å². The van der Waals surface area contributed by atoms with Gasteiger partial charge in [0.25, 0.3) is 0 Å². The van der Waals surface area contributed by atoms with Crippen LogP contribution in [0.2, 0.25) is 0 Å². The van der Waals surface area contributed by atoms with Crippen LogP contribution in [0.4, 0.5) is 13.2 Å². The van der Waals surface area contributed by atoms with E-state index in [4.69, 9.17) is 4.74 Å². The lowest BCUT2D eigenvalue weighted by Gasteiger charge is -2.16. The van der Waals surface area contributed by atoms with Gasteiger partial charge in [0, 0.05) is 18.0 Å². The van der Waals surface area contributed by atoms with E-state index in [0.29, 0.717) is 33.9 Å². The number of benzene rings is 3. The quantitative estimate of drug-likeness (QED) is 0.275. The summed E-state index contributed by atoms with van der Waals surface area (Å²) in [4.78, 5) is 3.86. The Hall–Kier alpha value is -4.45. The number of sulfone groups is 1. The van der Waals surface area contributed by atoms with Crippen LogP contribution in [0.5, 0.6) is 5.75 Å². The van der Waals surface area contributed by atoms with Gasteiger partial charge in [0.1, 0.15) is 11.6 Å². The standard InChI is InChI=1S/C27H22F3N5O3S/c1-17-32-26(27(28,29)30)16-34(17)23-12-9-20(19-5-4-6-22(13-19)39(3,36)37)14-24(23)35-25(15-31-33-35)18-7-10-21(38-2)11-8-18/h4-16H,1-3H3. The molecule has 3 aromatic carbocycles. The summed E-state index contributed by atoms with van der Waals surface area (Å²) in [5, 5.41) is 8.32. The molecule has 0 spiro atoms. The van der Waals surface area contributed by atoms with Crippen molar-refractivity contribution in [1.29, 1.82) is 0 Å². The molecule has 2 heterocycles. The molecule has 0 unspecified atom stereocenters. The molecule has 39 heavy (non-hydrogen) atoms. The van der Waals surface area contributed by atoms with Crippen LogP contribution in [-0.4, -0.2) is 46.3 Å². The second-order valence-electron chi connectivity index (χ2n) is 8.80. The summed E-state index contributed by atoms with van der Waals surface area (Å²) in [6, 6.07) is 18.7. The van der Waals surface area contributed by atoms with Crippen LogP contribution >= 0.6 is 0 Å². The minimum Gasteiger partial charge on any atom is -0.497 e. The number of ether oxygens (including phenoxy) is 1. The first-order chi connectivity index (χ1) is 18.5. The van der Waals surface area contributed by atoms with Crippen molar-refractivity contribution >= 4 is 9.84 Å². The molecule has 0 saturated heterocycles. The zero-order valence-electron chi connectivity index (χ0n) is 21.0. The Bertz CT molecular complexity index is 1780. The lowest BCUT2D eigenvalue weighted by atomic mass is 10.0. The van der Waals surface area contributed by atoms with Gasteiger partial charge in [-0.15, -0.1) is 5.10 Å². The van der Waals surface area contributed by atoms with Gasteiger partial charge in [-0.1, -0.05) is 23.4 Å². The van der Waals surface area contributed by atoms with Gasteiger partial charge in [0.15, 0.2) is 15.5 Å². The van der Waals surface area contributed by atoms with Crippen molar-refractivity contribution in [3.05, 3.63) is 90.6 Å². The highest BCUT2D eigenvalue weighted by molar-refractivity contribution is 7.90. The molecule has 200 valence electrons. The number of hydrogen-bond donors (Lipinski definition) is 0. The number of aromatic nitrogens is 5. The van der Waals surface area contributed by atoms with Crippen LogP contribution in [-0.2, 0) is 16.0 Å². The van der Waals surface area contributed by atoms with E-state index < -0.39 is 21.7 Å². The number of imidazole rings is 1. The Kier molecular flexibility index (Phi) is 6.51. The van der Waals surface area contributed by atoms with E-state index >= 15 is 0 Å². The van der Waals surface area contributed by atoms with Crippen LogP contribution in [0, 0.1) is 6.92 Å². The smallest absolute Gasteiger partial charge is 0.434 e. The molecule has 0 fully saturated rings. The van der Waals surface area contributed by atoms with E-state index in [2.05, 4.69) is 15.3 Å². The maximum atomic E-state index is 13.5. The molecule has 0 bridgehead atoms. The lowest BCUT2D eigenvalue weighted by Crippen LogP contribution is -2.07. The third-order valence-electron chi connectivity index (χ3n) is 6.17. The molecule has 5 rings (SSSR count). The van der Waals surface area contributed by atoms with Crippen LogP contribution < -0.4 is 4.74 Å². The molecule has 0 radical (unpaired) electrons. The first-order valence-corrected chi connectivity index (χ1v) is 13.5. The zero-order valence-corrected chi connectivity index (χ0v) is 21.8. The fourth-order valence-corrected chi connectivity index (χ4v) is 4.87. The Morgan fingerprint density at radius 3 is 2.23 bits per heavy atom. The van der Waals surface area contributed by atoms with E-state index in [-0.39, 0.29) is 10.7 Å². The van der Waals surface area contributed by atoms with E-state index in [0.717, 1.165) is 18.0 Å². The zero-order chi connectivity index (χ0) is 27.9. The van der Waals surface area contributed by atoms with Crippen molar-refractivity contribution in [2.75, 3.05) is 13.4 Å². The maximum absolute atomic E-state index is 13.5. The highest BCUT2D eigenvalue weighted by Gasteiger charge is 2.34. The predicted molar refractivity (Wildman–Crippen MR) is 139 cm³/mol. The van der Waals surface area contributed by atoms with Gasteiger partial charge in [0.2, 0.25) is 0 Å². The average Bonchev–Trinajstić information content (AvgIpc) is 3.55. The van der Waals surface area contributed by atoms with Crippen molar-refractivity contribution in [2.24, 2.45) is 0 Å². The molecule has 5 aromatic rings. The van der Waals surface area contributed by atoms with Gasteiger partial charge in [-0.25, -0.2) is 18.1 Å². The predicted octanol–water partition coefficient (Wildman–Crippen LogP) is 5.53. The topological polar surface area (TPSA) is 91.9 Å². The molecule has 12 heteroatoms. The third-order valence-corrected chi connectivity index (χ3v) is 7.28. The van der Waals surface area contributed by atoms with E-state index in [9.17, 15) is 21.6 Å². The molecule has 0 saturated carbocycles. The summed E-state index contributed by atoms with van der Waals surface area (Å²) in [5.74, 6) is 0.779. The largest absolute Gasteiger partial charge is 0.497 e. The molecule has 2 aromatic heterocycles. The van der Waals surface area contributed by atoms with Crippen molar-refractivity contribution in [3.8, 4) is 39.5 Å². The van der Waals surface area contributed by atoms with E-state index in [1.165, 1.54) is 22.2 Å². The second kappa shape index (κ2) is 9.70. The second-order valence-corrected chi connectivity index (χ2v) is 10.8. The Balaban J connectivity index is 1.73. The molecular formula is C27H22F3N5O3S. The number of alkyl halides is 3. The average molecular weight is 554 g/mol. The van der Waals surface area contributed by atoms with Gasteiger partial charge in [-0.05, 0) is 66.6 Å². The number of rotatable bonds is 6. The van der Waals surface area contributed by atoms with Gasteiger partial charge in [0.05, 0.1) is 35.3 Å². The molecule has 0 aliphatic heterocycles. The van der Waals surface area contributed by atoms with Crippen molar-refractivity contribution in [1.82, 2.24) is 24.5 Å². The van der Waals surface area contributed by atoms with E-state index in [1.807, 2.05) is 12.1 Å². The van der Waals surface area contributed by atoms with E-state index in [1.54, 1.807) is 61.8 Å². The molecule has 0 N–H and O–H groups in total. The van der Waals surface area contributed by atoms with Crippen LogP contribution in [0.3, 0.4) is 0 Å². The molecule has 0 aliphatic carbocycles. The summed E-state index contributed by atoms with van der Waals surface area (Å²) in [6.45, 7) is 1.48. The normalized spacial score (nSPS) is 12.1. The number of halogens is 3. The highest BCUT2D eigenvalue weighted by Crippen LogP contribution is 2.34. The summed E-state index contributed by atoms with van der Waals surface area (Å²) >= 11 is 0. The molecule has 0 atom stereocenters. The lowest BCUT2D eigenvalue weighted by molar-refractivity contribution is -0.141. The first-order valence-electron chi connectivity index (χ1n) is 11.6. The number of methoxy groups -OCH3 is 1. The van der Waals surface area contributed by atoms with Gasteiger partial charge >= 0.3 is 6.18 Å². The summed E-state index contributed by atoms with van der Waals surface area (Å²) in [7, 11) is -1.90. The van der Waals surface area contributed by atoms with Crippen molar-refractivity contribution in [2.45, 2.75) is 18.0 Å². The third kappa shape index (κ3) is 5.15. The minimum atomic E-state index is -4.62. The molecule has 0 aliphatic rings. The molecule has 0 amide bonds. The number of nitrogens with zero attached hydrogens (tertiary/aromatic N) is 5. The van der Waals surface area contributed by atoms with Gasteiger partial charge < -0.3 is 9.30 Å². The Morgan fingerprint density at radius 1 is 0.897 bits per heavy atom. The Labute approximate surface area is 222 Å². The van der Waals surface area contributed by atoms with Crippen LogP contribution in [0.25, 0.3) is 33.8 Å². The summed E-state index contributed by atoms with van der Waals surface area (Å²) in [5.41, 5.74) is 2.32.